The molecule has 2 amide bonds. The Morgan fingerprint density at radius 3 is 2.41 bits per heavy atom. The molecule has 1 aliphatic rings. The molecule has 0 aromatic heterocycles. The number of halogens is 1. The molecule has 154 valence electrons. The number of nitrogens with zero attached hydrogens (tertiary/aromatic N) is 1. The van der Waals surface area contributed by atoms with Crippen LogP contribution < -0.4 is 19.7 Å². The molecule has 1 heterocycles. The number of methoxy groups -OCH3 is 2. The molecular formula is C21H25ClN3O4+. The first-order valence-electron chi connectivity index (χ1n) is 9.41. The van der Waals surface area contributed by atoms with Gasteiger partial charge >= 0.3 is 0 Å². The summed E-state index contributed by atoms with van der Waals surface area (Å²) in [6.45, 7) is 2.91. The van der Waals surface area contributed by atoms with Gasteiger partial charge in [-0.15, -0.1) is 0 Å². The molecule has 0 unspecified atom stereocenters. The van der Waals surface area contributed by atoms with Gasteiger partial charge in [-0.2, -0.15) is 0 Å². The zero-order chi connectivity index (χ0) is 20.8. The van der Waals surface area contributed by atoms with Gasteiger partial charge in [0.2, 0.25) is 0 Å². The van der Waals surface area contributed by atoms with Crippen LogP contribution in [0.15, 0.2) is 42.5 Å². The number of anilines is 1. The highest BCUT2D eigenvalue weighted by atomic mass is 35.5. The number of hydrogen-bond acceptors (Lipinski definition) is 4. The van der Waals surface area contributed by atoms with Crippen molar-refractivity contribution >= 4 is 29.1 Å². The first kappa shape index (κ1) is 21.0. The number of para-hydroxylation sites is 1. The highest BCUT2D eigenvalue weighted by molar-refractivity contribution is 6.33. The second-order valence-electron chi connectivity index (χ2n) is 6.82. The summed E-state index contributed by atoms with van der Waals surface area (Å²) in [5, 5.41) is 3.36. The van der Waals surface area contributed by atoms with E-state index in [9.17, 15) is 9.59 Å². The molecule has 0 radical (unpaired) electrons. The van der Waals surface area contributed by atoms with Crippen LogP contribution in [0.3, 0.4) is 0 Å². The Morgan fingerprint density at radius 2 is 1.76 bits per heavy atom. The van der Waals surface area contributed by atoms with Crippen LogP contribution in [0, 0.1) is 0 Å². The maximum Gasteiger partial charge on any atom is 0.279 e. The molecule has 29 heavy (non-hydrogen) atoms. The molecular weight excluding hydrogens is 394 g/mol. The van der Waals surface area contributed by atoms with E-state index in [2.05, 4.69) is 5.32 Å². The van der Waals surface area contributed by atoms with Crippen molar-refractivity contribution in [3.8, 4) is 11.5 Å². The average Bonchev–Trinajstić information content (AvgIpc) is 2.75. The van der Waals surface area contributed by atoms with Gasteiger partial charge in [0.1, 0.15) is 0 Å². The maximum absolute atomic E-state index is 12.8. The van der Waals surface area contributed by atoms with Gasteiger partial charge in [-0.25, -0.2) is 0 Å². The highest BCUT2D eigenvalue weighted by Crippen LogP contribution is 2.28. The van der Waals surface area contributed by atoms with Crippen LogP contribution in [0.2, 0.25) is 5.02 Å². The van der Waals surface area contributed by atoms with Crippen molar-refractivity contribution in [1.29, 1.82) is 0 Å². The molecule has 8 heteroatoms. The standard InChI is InChI=1S/C21H24ClN3O4/c1-28-18-8-7-15(13-19(18)29-2)21(27)25-11-9-24(10-12-25)14-20(26)23-17-6-4-3-5-16(17)22/h3-8,13H,9-12,14H2,1-2H3,(H,23,26)/p+1. The van der Waals surface area contributed by atoms with Crippen molar-refractivity contribution in [3.05, 3.63) is 53.1 Å². The molecule has 3 rings (SSSR count). The summed E-state index contributed by atoms with van der Waals surface area (Å²) in [4.78, 5) is 28.0. The number of amides is 2. The number of hydrogen-bond donors (Lipinski definition) is 2. The fourth-order valence-corrected chi connectivity index (χ4v) is 3.52. The third kappa shape index (κ3) is 5.19. The maximum atomic E-state index is 12.8. The second-order valence-corrected chi connectivity index (χ2v) is 7.22. The minimum Gasteiger partial charge on any atom is -0.493 e. The molecule has 2 aromatic carbocycles. The van der Waals surface area contributed by atoms with Gasteiger partial charge in [-0.3, -0.25) is 9.59 Å². The van der Waals surface area contributed by atoms with Gasteiger partial charge in [0.05, 0.1) is 51.1 Å². The Morgan fingerprint density at radius 1 is 1.07 bits per heavy atom. The van der Waals surface area contributed by atoms with Gasteiger partial charge in [0.15, 0.2) is 18.0 Å². The smallest absolute Gasteiger partial charge is 0.279 e. The number of quaternary nitrogens is 1. The fraction of sp³-hybridized carbons (Fsp3) is 0.333. The summed E-state index contributed by atoms with van der Waals surface area (Å²) in [7, 11) is 3.10. The monoisotopic (exact) mass is 418 g/mol. The number of ether oxygens (including phenoxy) is 2. The molecule has 7 nitrogen and oxygen atoms in total. The van der Waals surface area contributed by atoms with Crippen LogP contribution in [0.25, 0.3) is 0 Å². The minimum atomic E-state index is -0.0900. The van der Waals surface area contributed by atoms with Crippen molar-refractivity contribution in [3.63, 3.8) is 0 Å². The van der Waals surface area contributed by atoms with Gasteiger partial charge in [-0.1, -0.05) is 23.7 Å². The second kappa shape index (κ2) is 9.62. The lowest BCUT2D eigenvalue weighted by molar-refractivity contribution is -0.895. The number of carbonyl (C=O) groups is 2. The lowest BCUT2D eigenvalue weighted by atomic mass is 10.1. The fourth-order valence-electron chi connectivity index (χ4n) is 3.34. The van der Waals surface area contributed by atoms with E-state index in [4.69, 9.17) is 21.1 Å². The molecule has 0 saturated carbocycles. The Labute approximate surface area is 175 Å². The quantitative estimate of drug-likeness (QED) is 0.742. The average molecular weight is 419 g/mol. The lowest BCUT2D eigenvalue weighted by Crippen LogP contribution is -3.15. The molecule has 2 aromatic rings. The van der Waals surface area contributed by atoms with Crippen molar-refractivity contribution in [2.24, 2.45) is 0 Å². The third-order valence-corrected chi connectivity index (χ3v) is 5.28. The predicted molar refractivity (Wildman–Crippen MR) is 111 cm³/mol. The summed E-state index contributed by atoms with van der Waals surface area (Å²) in [5.41, 5.74) is 1.17. The van der Waals surface area contributed by atoms with Crippen LogP contribution in [-0.4, -0.2) is 63.7 Å². The van der Waals surface area contributed by atoms with Crippen molar-refractivity contribution < 1.29 is 24.0 Å². The molecule has 0 aliphatic carbocycles. The first-order valence-corrected chi connectivity index (χ1v) is 9.79. The minimum absolute atomic E-state index is 0.0504. The van der Waals surface area contributed by atoms with E-state index < -0.39 is 0 Å². The van der Waals surface area contributed by atoms with Gasteiger partial charge in [0.25, 0.3) is 11.8 Å². The SMILES string of the molecule is COc1ccc(C(=O)N2CC[NH+](CC(=O)Nc3ccccc3Cl)CC2)cc1OC. The first-order chi connectivity index (χ1) is 14.0. The zero-order valence-corrected chi connectivity index (χ0v) is 17.3. The largest absolute Gasteiger partial charge is 0.493 e. The van der Waals surface area contributed by atoms with Crippen LogP contribution in [0.4, 0.5) is 5.69 Å². The van der Waals surface area contributed by atoms with E-state index in [0.29, 0.717) is 60.5 Å². The summed E-state index contributed by atoms with van der Waals surface area (Å²) >= 11 is 6.08. The van der Waals surface area contributed by atoms with E-state index in [-0.39, 0.29) is 11.8 Å². The van der Waals surface area contributed by atoms with Gasteiger partial charge in [-0.05, 0) is 30.3 Å². The van der Waals surface area contributed by atoms with E-state index in [1.165, 1.54) is 0 Å². The van der Waals surface area contributed by atoms with Gasteiger partial charge < -0.3 is 24.6 Å². The van der Waals surface area contributed by atoms with Crippen molar-refractivity contribution in [2.45, 2.75) is 0 Å². The Kier molecular flexibility index (Phi) is 6.95. The summed E-state index contributed by atoms with van der Waals surface area (Å²) in [6, 6.07) is 12.3. The van der Waals surface area contributed by atoms with Gasteiger partial charge in [0, 0.05) is 5.56 Å². The molecule has 1 aliphatic heterocycles. The van der Waals surface area contributed by atoms with E-state index in [1.807, 2.05) is 12.1 Å². The number of benzene rings is 2. The van der Waals surface area contributed by atoms with Crippen molar-refractivity contribution in [2.75, 3.05) is 52.3 Å². The molecule has 0 bridgehead atoms. The highest BCUT2D eigenvalue weighted by Gasteiger charge is 2.26. The molecule has 1 fully saturated rings. The normalized spacial score (nSPS) is 14.4. The van der Waals surface area contributed by atoms with Crippen LogP contribution in [0.5, 0.6) is 11.5 Å². The number of nitrogens with one attached hydrogen (secondary N) is 2. The zero-order valence-electron chi connectivity index (χ0n) is 16.5. The molecule has 1 saturated heterocycles. The van der Waals surface area contributed by atoms with Crippen LogP contribution in [0.1, 0.15) is 10.4 Å². The summed E-state index contributed by atoms with van der Waals surface area (Å²) in [6.07, 6.45) is 0. The molecule has 2 N–H and O–H groups in total. The Hall–Kier alpha value is -2.77. The van der Waals surface area contributed by atoms with Crippen molar-refractivity contribution in [1.82, 2.24) is 4.90 Å². The predicted octanol–water partition coefficient (Wildman–Crippen LogP) is 1.34. The Bertz CT molecular complexity index is 882. The molecule has 0 spiro atoms. The number of carbonyl (C=O) groups excluding carboxylic acids is 2. The van der Waals surface area contributed by atoms with E-state index in [1.54, 1.807) is 49.5 Å². The topological polar surface area (TPSA) is 72.3 Å². The third-order valence-electron chi connectivity index (χ3n) is 4.95. The Balaban J connectivity index is 1.53. The van der Waals surface area contributed by atoms with Crippen LogP contribution in [-0.2, 0) is 4.79 Å². The number of piperazine rings is 1. The lowest BCUT2D eigenvalue weighted by Gasteiger charge is -2.32. The van der Waals surface area contributed by atoms with Crippen LogP contribution >= 0.6 is 11.6 Å². The summed E-state index contributed by atoms with van der Waals surface area (Å²) < 4.78 is 10.5. The number of rotatable bonds is 6. The summed E-state index contributed by atoms with van der Waals surface area (Å²) in [5.74, 6) is 0.972. The van der Waals surface area contributed by atoms with E-state index >= 15 is 0 Å². The molecule has 0 atom stereocenters. The van der Waals surface area contributed by atoms with E-state index in [0.717, 1.165) is 4.90 Å².